The number of hydrogen-bond donors (Lipinski definition) is 1. The van der Waals surface area contributed by atoms with Crippen molar-refractivity contribution in [2.45, 2.75) is 32.2 Å². The standard InChI is InChI=1S/C15H18N4O2S/c20-14-12-10-3-1-2-4-11(10)22-13(12)17-9-19(14)8-7-18-6-5-16-15(18)21/h9H,1-8H2,(H,16,21). The number of amides is 2. The molecule has 7 heteroatoms. The van der Waals surface area contributed by atoms with Gasteiger partial charge in [0.25, 0.3) is 5.56 Å². The van der Waals surface area contributed by atoms with Crippen LogP contribution in [-0.2, 0) is 19.4 Å². The van der Waals surface area contributed by atoms with Gasteiger partial charge in [-0.05, 0) is 31.2 Å². The summed E-state index contributed by atoms with van der Waals surface area (Å²) >= 11 is 1.67. The van der Waals surface area contributed by atoms with Crippen LogP contribution in [0.5, 0.6) is 0 Å². The molecule has 0 bridgehead atoms. The van der Waals surface area contributed by atoms with Gasteiger partial charge in [0.15, 0.2) is 0 Å². The third-order valence-electron chi connectivity index (χ3n) is 4.50. The predicted molar refractivity (Wildman–Crippen MR) is 85.5 cm³/mol. The van der Waals surface area contributed by atoms with Crippen LogP contribution in [0.15, 0.2) is 11.1 Å². The Kier molecular flexibility index (Phi) is 3.37. The first-order chi connectivity index (χ1) is 10.7. The molecular formula is C15H18N4O2S. The Morgan fingerprint density at radius 1 is 1.23 bits per heavy atom. The number of carbonyl (C=O) groups is 1. The van der Waals surface area contributed by atoms with Gasteiger partial charge in [0.2, 0.25) is 0 Å². The van der Waals surface area contributed by atoms with Crippen LogP contribution in [0.3, 0.4) is 0 Å². The van der Waals surface area contributed by atoms with E-state index in [2.05, 4.69) is 10.3 Å². The van der Waals surface area contributed by atoms with E-state index in [1.54, 1.807) is 27.1 Å². The van der Waals surface area contributed by atoms with Gasteiger partial charge in [-0.1, -0.05) is 0 Å². The zero-order valence-electron chi connectivity index (χ0n) is 12.3. The number of nitrogens with one attached hydrogen (secondary N) is 1. The topological polar surface area (TPSA) is 67.2 Å². The van der Waals surface area contributed by atoms with Crippen molar-refractivity contribution in [1.82, 2.24) is 19.8 Å². The van der Waals surface area contributed by atoms with E-state index in [4.69, 9.17) is 0 Å². The fourth-order valence-corrected chi connectivity index (χ4v) is 4.51. The molecule has 1 aliphatic heterocycles. The van der Waals surface area contributed by atoms with E-state index >= 15 is 0 Å². The molecule has 116 valence electrons. The maximum absolute atomic E-state index is 12.8. The number of hydrogen-bond acceptors (Lipinski definition) is 4. The first-order valence-electron chi connectivity index (χ1n) is 7.76. The molecule has 0 atom stereocenters. The first-order valence-corrected chi connectivity index (χ1v) is 8.58. The molecule has 0 spiro atoms. The number of aromatic nitrogens is 2. The highest BCUT2D eigenvalue weighted by Crippen LogP contribution is 2.33. The van der Waals surface area contributed by atoms with Gasteiger partial charge in [0, 0.05) is 31.1 Å². The Balaban J connectivity index is 1.65. The van der Waals surface area contributed by atoms with Gasteiger partial charge in [-0.3, -0.25) is 9.36 Å². The molecule has 4 rings (SSSR count). The molecule has 1 N–H and O–H groups in total. The Labute approximate surface area is 131 Å². The normalized spacial score (nSPS) is 17.8. The van der Waals surface area contributed by atoms with Gasteiger partial charge in [-0.15, -0.1) is 11.3 Å². The molecular weight excluding hydrogens is 300 g/mol. The second-order valence-corrected chi connectivity index (χ2v) is 6.94. The highest BCUT2D eigenvalue weighted by molar-refractivity contribution is 7.18. The van der Waals surface area contributed by atoms with Crippen molar-refractivity contribution >= 4 is 27.6 Å². The minimum absolute atomic E-state index is 0.0454. The predicted octanol–water partition coefficient (Wildman–Crippen LogP) is 1.36. The summed E-state index contributed by atoms with van der Waals surface area (Å²) in [4.78, 5) is 32.7. The Morgan fingerprint density at radius 2 is 2.09 bits per heavy atom. The summed E-state index contributed by atoms with van der Waals surface area (Å²) in [6.45, 7) is 2.44. The summed E-state index contributed by atoms with van der Waals surface area (Å²) < 4.78 is 1.65. The van der Waals surface area contributed by atoms with E-state index in [0.717, 1.165) is 29.5 Å². The number of rotatable bonds is 3. The molecule has 2 aliphatic rings. The molecule has 2 aromatic rings. The van der Waals surface area contributed by atoms with Crippen LogP contribution in [0.1, 0.15) is 23.3 Å². The van der Waals surface area contributed by atoms with Crippen LogP contribution in [-0.4, -0.2) is 40.1 Å². The van der Waals surface area contributed by atoms with E-state index in [1.807, 2.05) is 0 Å². The van der Waals surface area contributed by atoms with Gasteiger partial charge in [0.1, 0.15) is 4.83 Å². The SMILES string of the molecule is O=C1NCCN1CCn1cnc2sc3c(c2c1=O)CCCC3. The smallest absolute Gasteiger partial charge is 0.317 e. The van der Waals surface area contributed by atoms with Crippen molar-refractivity contribution in [2.75, 3.05) is 19.6 Å². The maximum atomic E-state index is 12.8. The molecule has 0 radical (unpaired) electrons. The van der Waals surface area contributed by atoms with Gasteiger partial charge in [-0.2, -0.15) is 0 Å². The average Bonchev–Trinajstić information content (AvgIpc) is 3.10. The van der Waals surface area contributed by atoms with E-state index in [1.165, 1.54) is 16.9 Å². The molecule has 1 saturated heterocycles. The highest BCUT2D eigenvalue weighted by Gasteiger charge is 2.21. The van der Waals surface area contributed by atoms with Gasteiger partial charge >= 0.3 is 6.03 Å². The molecule has 2 aromatic heterocycles. The lowest BCUT2D eigenvalue weighted by Crippen LogP contribution is -2.33. The van der Waals surface area contributed by atoms with Crippen LogP contribution in [0.25, 0.3) is 10.2 Å². The largest absolute Gasteiger partial charge is 0.336 e. The molecule has 6 nitrogen and oxygen atoms in total. The van der Waals surface area contributed by atoms with Crippen molar-refractivity contribution in [2.24, 2.45) is 0 Å². The number of aryl methyl sites for hydroxylation is 2. The summed E-state index contributed by atoms with van der Waals surface area (Å²) in [5, 5.41) is 3.59. The molecule has 2 amide bonds. The minimum Gasteiger partial charge on any atom is -0.336 e. The van der Waals surface area contributed by atoms with Crippen LogP contribution in [0, 0.1) is 0 Å². The van der Waals surface area contributed by atoms with E-state index in [-0.39, 0.29) is 11.6 Å². The molecule has 22 heavy (non-hydrogen) atoms. The molecule has 3 heterocycles. The van der Waals surface area contributed by atoms with Crippen molar-refractivity contribution in [3.8, 4) is 0 Å². The number of fused-ring (bicyclic) bond motifs is 3. The monoisotopic (exact) mass is 318 g/mol. The lowest BCUT2D eigenvalue weighted by atomic mass is 9.97. The zero-order valence-corrected chi connectivity index (χ0v) is 13.1. The summed E-state index contributed by atoms with van der Waals surface area (Å²) in [5.74, 6) is 0. The van der Waals surface area contributed by atoms with Gasteiger partial charge < -0.3 is 10.2 Å². The van der Waals surface area contributed by atoms with Crippen molar-refractivity contribution in [3.05, 3.63) is 27.1 Å². The quantitative estimate of drug-likeness (QED) is 0.929. The van der Waals surface area contributed by atoms with Crippen molar-refractivity contribution < 1.29 is 4.79 Å². The molecule has 1 fully saturated rings. The fraction of sp³-hybridized carbons (Fsp3) is 0.533. The number of thiophene rings is 1. The Hall–Kier alpha value is -1.89. The minimum atomic E-state index is -0.0463. The lowest BCUT2D eigenvalue weighted by Gasteiger charge is -2.15. The highest BCUT2D eigenvalue weighted by atomic mass is 32.1. The molecule has 1 aliphatic carbocycles. The summed E-state index contributed by atoms with van der Waals surface area (Å²) in [7, 11) is 0. The first kappa shape index (κ1) is 13.8. The molecule has 0 unspecified atom stereocenters. The van der Waals surface area contributed by atoms with Crippen LogP contribution in [0.2, 0.25) is 0 Å². The van der Waals surface area contributed by atoms with Gasteiger partial charge in [0.05, 0.1) is 11.7 Å². The number of carbonyl (C=O) groups excluding carboxylic acids is 1. The van der Waals surface area contributed by atoms with Crippen LogP contribution < -0.4 is 10.9 Å². The third kappa shape index (κ3) is 2.20. The van der Waals surface area contributed by atoms with Crippen molar-refractivity contribution in [3.63, 3.8) is 0 Å². The average molecular weight is 318 g/mol. The molecule has 0 saturated carbocycles. The van der Waals surface area contributed by atoms with E-state index in [9.17, 15) is 9.59 Å². The van der Waals surface area contributed by atoms with Crippen molar-refractivity contribution in [1.29, 1.82) is 0 Å². The number of urea groups is 1. The number of nitrogens with zero attached hydrogens (tertiary/aromatic N) is 3. The fourth-order valence-electron chi connectivity index (χ4n) is 3.29. The summed E-state index contributed by atoms with van der Waals surface area (Å²) in [6.07, 6.45) is 6.05. The second-order valence-electron chi connectivity index (χ2n) is 5.85. The lowest BCUT2D eigenvalue weighted by molar-refractivity contribution is 0.215. The van der Waals surface area contributed by atoms with Gasteiger partial charge in [-0.25, -0.2) is 9.78 Å². The van der Waals surface area contributed by atoms with Crippen LogP contribution in [0.4, 0.5) is 4.79 Å². The Morgan fingerprint density at radius 3 is 2.91 bits per heavy atom. The molecule has 0 aromatic carbocycles. The summed E-state index contributed by atoms with van der Waals surface area (Å²) in [5.41, 5.74) is 1.26. The van der Waals surface area contributed by atoms with Crippen LogP contribution >= 0.6 is 11.3 Å². The summed E-state index contributed by atoms with van der Waals surface area (Å²) in [6, 6.07) is -0.0463. The third-order valence-corrected chi connectivity index (χ3v) is 5.70. The van der Waals surface area contributed by atoms with E-state index in [0.29, 0.717) is 26.2 Å². The van der Waals surface area contributed by atoms with E-state index < -0.39 is 0 Å². The Bertz CT molecular complexity index is 795. The maximum Gasteiger partial charge on any atom is 0.317 e. The second kappa shape index (κ2) is 5.39. The zero-order chi connectivity index (χ0) is 15.1.